The zero-order valence-corrected chi connectivity index (χ0v) is 23.7. The first kappa shape index (κ1) is 27.0. The van der Waals surface area contributed by atoms with Crippen LogP contribution in [0.5, 0.6) is 11.5 Å². The molecule has 1 saturated heterocycles. The summed E-state index contributed by atoms with van der Waals surface area (Å²) in [6, 6.07) is 20.3. The second kappa shape index (κ2) is 11.4. The van der Waals surface area contributed by atoms with Crippen molar-refractivity contribution in [3.05, 3.63) is 83.3 Å². The molecule has 214 valence electrons. The van der Waals surface area contributed by atoms with Crippen molar-refractivity contribution in [1.82, 2.24) is 24.4 Å². The number of hydrogen-bond acceptors (Lipinski definition) is 10. The number of ether oxygens (including phenoxy) is 2. The smallest absolute Gasteiger partial charge is 0.283 e. The molecule has 1 fully saturated rings. The summed E-state index contributed by atoms with van der Waals surface area (Å²) in [5.41, 5.74) is 10.3. The van der Waals surface area contributed by atoms with Crippen LogP contribution >= 0.6 is 0 Å². The molecule has 0 aliphatic carbocycles. The lowest BCUT2D eigenvalue weighted by molar-refractivity contribution is 0.312. The first-order valence-corrected chi connectivity index (χ1v) is 13.6. The van der Waals surface area contributed by atoms with Crippen LogP contribution in [0.2, 0.25) is 0 Å². The highest BCUT2D eigenvalue weighted by Gasteiger charge is 2.19. The molecule has 1 aliphatic heterocycles. The van der Waals surface area contributed by atoms with Crippen LogP contribution in [0.15, 0.2) is 77.7 Å². The number of likely N-dealkylation sites (N-methyl/N-ethyl adjacent to an activating group) is 1. The van der Waals surface area contributed by atoms with Crippen LogP contribution in [0.1, 0.15) is 0 Å². The molecule has 3 aromatic carbocycles. The molecule has 5 aromatic rings. The van der Waals surface area contributed by atoms with Crippen LogP contribution in [0.4, 0.5) is 23.0 Å². The van der Waals surface area contributed by atoms with Gasteiger partial charge in [0.25, 0.3) is 5.56 Å². The summed E-state index contributed by atoms with van der Waals surface area (Å²) in [4.78, 5) is 32.6. The summed E-state index contributed by atoms with van der Waals surface area (Å²) >= 11 is 0. The van der Waals surface area contributed by atoms with Gasteiger partial charge in [0.05, 0.1) is 31.8 Å². The van der Waals surface area contributed by atoms with E-state index in [1.807, 2.05) is 36.4 Å². The van der Waals surface area contributed by atoms with E-state index in [0.29, 0.717) is 51.2 Å². The molecule has 42 heavy (non-hydrogen) atoms. The lowest BCUT2D eigenvalue weighted by Crippen LogP contribution is -2.44. The van der Waals surface area contributed by atoms with Crippen molar-refractivity contribution in [2.24, 2.45) is 0 Å². The molecule has 0 amide bonds. The standard InChI is InChI=1S/C31H32N8O3/c1-37-12-14-38(15-13-37)22-10-11-25(27(18-22)42-3)35-31-33-19-26-29(36-31)39(23-8-5-7-21(32)17-23)30(40)28(34-26)20-6-4-9-24(16-20)41-2/h4-11,16-19H,12-15,32H2,1-3H3,(H,33,35,36). The van der Waals surface area contributed by atoms with Gasteiger partial charge in [0.15, 0.2) is 5.65 Å². The van der Waals surface area contributed by atoms with Gasteiger partial charge in [0, 0.05) is 49.2 Å². The minimum Gasteiger partial charge on any atom is -0.497 e. The summed E-state index contributed by atoms with van der Waals surface area (Å²) in [5, 5.41) is 3.27. The summed E-state index contributed by atoms with van der Waals surface area (Å²) in [6.45, 7) is 3.92. The summed E-state index contributed by atoms with van der Waals surface area (Å²) < 4.78 is 12.6. The Hall–Kier alpha value is -5.16. The number of benzene rings is 3. The topological polar surface area (TPSA) is 124 Å². The maximum absolute atomic E-state index is 14.0. The molecule has 0 atom stereocenters. The fraction of sp³-hybridized carbons (Fsp3) is 0.226. The van der Waals surface area contributed by atoms with Gasteiger partial charge in [-0.25, -0.2) is 9.97 Å². The molecule has 11 heteroatoms. The maximum Gasteiger partial charge on any atom is 0.283 e. The maximum atomic E-state index is 14.0. The van der Waals surface area contributed by atoms with Crippen molar-refractivity contribution in [3.63, 3.8) is 0 Å². The van der Waals surface area contributed by atoms with Crippen molar-refractivity contribution in [2.75, 3.05) is 63.4 Å². The third-order valence-corrected chi connectivity index (χ3v) is 7.37. The monoisotopic (exact) mass is 564 g/mol. The van der Waals surface area contributed by atoms with Gasteiger partial charge in [0.1, 0.15) is 22.7 Å². The Kier molecular flexibility index (Phi) is 7.32. The molecule has 3 N–H and O–H groups in total. The highest BCUT2D eigenvalue weighted by molar-refractivity contribution is 5.78. The summed E-state index contributed by atoms with van der Waals surface area (Å²) in [7, 11) is 5.35. The van der Waals surface area contributed by atoms with Gasteiger partial charge in [-0.3, -0.25) is 9.36 Å². The highest BCUT2D eigenvalue weighted by Crippen LogP contribution is 2.32. The quantitative estimate of drug-likeness (QED) is 0.281. The number of nitrogens with two attached hydrogens (primary N) is 1. The van der Waals surface area contributed by atoms with E-state index >= 15 is 0 Å². The van der Waals surface area contributed by atoms with Crippen LogP contribution in [-0.2, 0) is 0 Å². The predicted molar refractivity (Wildman–Crippen MR) is 165 cm³/mol. The van der Waals surface area contributed by atoms with Crippen molar-refractivity contribution < 1.29 is 9.47 Å². The molecule has 2 aromatic heterocycles. The first-order valence-electron chi connectivity index (χ1n) is 13.6. The number of hydrogen-bond donors (Lipinski definition) is 2. The normalized spacial score (nSPS) is 13.7. The number of fused-ring (bicyclic) bond motifs is 1. The van der Waals surface area contributed by atoms with Crippen LogP contribution in [-0.4, -0.2) is 71.9 Å². The summed E-state index contributed by atoms with van der Waals surface area (Å²) in [5.74, 6) is 1.57. The lowest BCUT2D eigenvalue weighted by Gasteiger charge is -2.34. The number of methoxy groups -OCH3 is 2. The summed E-state index contributed by atoms with van der Waals surface area (Å²) in [6.07, 6.45) is 1.60. The molecule has 0 saturated carbocycles. The van der Waals surface area contributed by atoms with Crippen molar-refractivity contribution >= 4 is 34.2 Å². The van der Waals surface area contributed by atoms with Gasteiger partial charge in [-0.2, -0.15) is 4.98 Å². The second-order valence-electron chi connectivity index (χ2n) is 10.1. The largest absolute Gasteiger partial charge is 0.497 e. The Morgan fingerprint density at radius 1 is 0.881 bits per heavy atom. The van der Waals surface area contributed by atoms with Gasteiger partial charge in [-0.15, -0.1) is 0 Å². The van der Waals surface area contributed by atoms with Gasteiger partial charge in [-0.05, 0) is 49.5 Å². The number of rotatable bonds is 7. The molecule has 0 spiro atoms. The third-order valence-electron chi connectivity index (χ3n) is 7.37. The number of nitrogens with zero attached hydrogens (tertiary/aromatic N) is 6. The number of aromatic nitrogens is 4. The van der Waals surface area contributed by atoms with Crippen molar-refractivity contribution in [3.8, 4) is 28.4 Å². The number of nitrogens with one attached hydrogen (secondary N) is 1. The Bertz CT molecular complexity index is 1810. The van der Waals surface area contributed by atoms with E-state index in [1.165, 1.54) is 4.57 Å². The Morgan fingerprint density at radius 3 is 2.45 bits per heavy atom. The average molecular weight is 565 g/mol. The molecule has 0 radical (unpaired) electrons. The lowest BCUT2D eigenvalue weighted by atomic mass is 10.1. The average Bonchev–Trinajstić information content (AvgIpc) is 3.01. The Balaban J connectivity index is 1.43. The van der Waals surface area contributed by atoms with Crippen LogP contribution in [0.25, 0.3) is 28.1 Å². The van der Waals surface area contributed by atoms with Crippen LogP contribution in [0.3, 0.4) is 0 Å². The van der Waals surface area contributed by atoms with Crippen LogP contribution < -0.4 is 31.0 Å². The van der Waals surface area contributed by atoms with E-state index in [0.717, 1.165) is 31.9 Å². The zero-order chi connectivity index (χ0) is 29.2. The van der Waals surface area contributed by atoms with E-state index in [-0.39, 0.29) is 11.3 Å². The van der Waals surface area contributed by atoms with E-state index in [9.17, 15) is 4.79 Å². The van der Waals surface area contributed by atoms with Gasteiger partial charge in [0.2, 0.25) is 5.95 Å². The second-order valence-corrected chi connectivity index (χ2v) is 10.1. The molecule has 1 aliphatic rings. The fourth-order valence-electron chi connectivity index (χ4n) is 5.07. The van der Waals surface area contributed by atoms with Gasteiger partial charge in [-0.1, -0.05) is 18.2 Å². The minimum absolute atomic E-state index is 0.245. The number of piperazine rings is 1. The van der Waals surface area contributed by atoms with E-state index in [1.54, 1.807) is 44.7 Å². The van der Waals surface area contributed by atoms with Crippen molar-refractivity contribution in [2.45, 2.75) is 0 Å². The van der Waals surface area contributed by atoms with Crippen LogP contribution in [0, 0.1) is 0 Å². The van der Waals surface area contributed by atoms with Gasteiger partial charge >= 0.3 is 0 Å². The van der Waals surface area contributed by atoms with E-state index in [4.69, 9.17) is 20.2 Å². The van der Waals surface area contributed by atoms with Gasteiger partial charge < -0.3 is 30.3 Å². The molecule has 0 unspecified atom stereocenters. The van der Waals surface area contributed by atoms with E-state index in [2.05, 4.69) is 38.2 Å². The number of nitrogen functional groups attached to an aromatic ring is 1. The SMILES string of the molecule is COc1cccc(-c2nc3cnc(Nc4ccc(N5CCN(C)CC5)cc4OC)nc3n(-c3cccc(N)c3)c2=O)c1. The highest BCUT2D eigenvalue weighted by atomic mass is 16.5. The molecule has 6 rings (SSSR count). The zero-order valence-electron chi connectivity index (χ0n) is 23.7. The number of anilines is 4. The fourth-order valence-corrected chi connectivity index (χ4v) is 5.07. The molecular weight excluding hydrogens is 532 g/mol. The van der Waals surface area contributed by atoms with E-state index < -0.39 is 0 Å². The third kappa shape index (κ3) is 5.29. The molecular formula is C31H32N8O3. The molecule has 11 nitrogen and oxygen atoms in total. The minimum atomic E-state index is -0.347. The molecule has 0 bridgehead atoms. The Morgan fingerprint density at radius 2 is 1.69 bits per heavy atom. The Labute approximate surface area is 243 Å². The predicted octanol–water partition coefficient (Wildman–Crippen LogP) is 3.94. The first-order chi connectivity index (χ1) is 20.4. The molecule has 3 heterocycles. The van der Waals surface area contributed by atoms with Crippen molar-refractivity contribution in [1.29, 1.82) is 0 Å².